The van der Waals surface area contributed by atoms with Crippen molar-refractivity contribution in [1.29, 1.82) is 0 Å². The summed E-state index contributed by atoms with van der Waals surface area (Å²) >= 11 is 0. The molecule has 22 heavy (non-hydrogen) atoms. The van der Waals surface area contributed by atoms with E-state index in [0.717, 1.165) is 22.4 Å². The second kappa shape index (κ2) is 6.32. The minimum absolute atomic E-state index is 0. The Morgan fingerprint density at radius 3 is 2.09 bits per heavy atom. The average molecular weight is 314 g/mol. The van der Waals surface area contributed by atoms with Crippen molar-refractivity contribution in [2.75, 3.05) is 5.32 Å². The molecule has 4 heteroatoms. The van der Waals surface area contributed by atoms with Gasteiger partial charge in [0.2, 0.25) is 0 Å². The first-order valence-electron chi connectivity index (χ1n) is 7.10. The van der Waals surface area contributed by atoms with E-state index in [2.05, 4.69) is 73.3 Å². The van der Waals surface area contributed by atoms with Gasteiger partial charge in [-0.25, -0.2) is 9.97 Å². The molecular weight excluding hydrogens is 294 g/mol. The fourth-order valence-electron chi connectivity index (χ4n) is 2.60. The van der Waals surface area contributed by atoms with Crippen LogP contribution in [-0.4, -0.2) is 9.97 Å². The molecule has 0 radical (unpaired) electrons. The number of hydrogen-bond donors (Lipinski definition) is 1. The SMILES string of the molecule is Cc1cc(C)cc(Nc2ncnc3cc(C)c(C)cc23)c1.Cl. The van der Waals surface area contributed by atoms with Crippen LogP contribution < -0.4 is 5.32 Å². The third-order valence-corrected chi connectivity index (χ3v) is 3.74. The molecule has 3 rings (SSSR count). The van der Waals surface area contributed by atoms with Crippen molar-refractivity contribution in [3.05, 3.63) is 58.9 Å². The van der Waals surface area contributed by atoms with Crippen LogP contribution in [0.1, 0.15) is 22.3 Å². The van der Waals surface area contributed by atoms with E-state index in [1.165, 1.54) is 22.3 Å². The first kappa shape index (κ1) is 16.2. The van der Waals surface area contributed by atoms with Gasteiger partial charge in [0.15, 0.2) is 0 Å². The second-order valence-corrected chi connectivity index (χ2v) is 5.68. The summed E-state index contributed by atoms with van der Waals surface area (Å²) in [6.45, 7) is 8.42. The lowest BCUT2D eigenvalue weighted by Gasteiger charge is -2.11. The Hall–Kier alpha value is -2.13. The number of hydrogen-bond acceptors (Lipinski definition) is 3. The summed E-state index contributed by atoms with van der Waals surface area (Å²) in [5, 5.41) is 4.48. The quantitative estimate of drug-likeness (QED) is 0.721. The summed E-state index contributed by atoms with van der Waals surface area (Å²) in [6.07, 6.45) is 1.61. The minimum Gasteiger partial charge on any atom is -0.340 e. The lowest BCUT2D eigenvalue weighted by molar-refractivity contribution is 1.21. The van der Waals surface area contributed by atoms with Crippen LogP contribution in [0.15, 0.2) is 36.7 Å². The number of nitrogens with one attached hydrogen (secondary N) is 1. The first-order valence-corrected chi connectivity index (χ1v) is 7.10. The Labute approximate surface area is 137 Å². The first-order chi connectivity index (χ1) is 10.0. The zero-order valence-electron chi connectivity index (χ0n) is 13.3. The molecule has 0 amide bonds. The van der Waals surface area contributed by atoms with Crippen molar-refractivity contribution in [3.63, 3.8) is 0 Å². The zero-order chi connectivity index (χ0) is 15.0. The van der Waals surface area contributed by atoms with Gasteiger partial charge in [0.25, 0.3) is 0 Å². The third kappa shape index (κ3) is 3.20. The highest BCUT2D eigenvalue weighted by atomic mass is 35.5. The molecule has 0 spiro atoms. The van der Waals surface area contributed by atoms with Crippen LogP contribution >= 0.6 is 12.4 Å². The Bertz CT molecular complexity index is 808. The highest BCUT2D eigenvalue weighted by molar-refractivity contribution is 5.91. The largest absolute Gasteiger partial charge is 0.340 e. The van der Waals surface area contributed by atoms with Crippen LogP contribution in [0, 0.1) is 27.7 Å². The van der Waals surface area contributed by atoms with Crippen molar-refractivity contribution in [3.8, 4) is 0 Å². The minimum atomic E-state index is 0. The van der Waals surface area contributed by atoms with Crippen molar-refractivity contribution < 1.29 is 0 Å². The molecule has 0 unspecified atom stereocenters. The molecule has 0 bridgehead atoms. The molecule has 0 fully saturated rings. The summed E-state index contributed by atoms with van der Waals surface area (Å²) < 4.78 is 0. The molecule has 0 aliphatic carbocycles. The monoisotopic (exact) mass is 313 g/mol. The number of anilines is 2. The fraction of sp³-hybridized carbons (Fsp3) is 0.222. The van der Waals surface area contributed by atoms with Gasteiger partial charge in [-0.3, -0.25) is 0 Å². The summed E-state index contributed by atoms with van der Waals surface area (Å²) in [4.78, 5) is 8.78. The van der Waals surface area contributed by atoms with Crippen molar-refractivity contribution in [1.82, 2.24) is 9.97 Å². The fourth-order valence-corrected chi connectivity index (χ4v) is 2.60. The number of fused-ring (bicyclic) bond motifs is 1. The van der Waals surface area contributed by atoms with Crippen LogP contribution in [0.3, 0.4) is 0 Å². The lowest BCUT2D eigenvalue weighted by atomic mass is 10.1. The van der Waals surface area contributed by atoms with Crippen LogP contribution in [0.2, 0.25) is 0 Å². The second-order valence-electron chi connectivity index (χ2n) is 5.68. The van der Waals surface area contributed by atoms with E-state index in [1.54, 1.807) is 6.33 Å². The van der Waals surface area contributed by atoms with Gasteiger partial charge >= 0.3 is 0 Å². The van der Waals surface area contributed by atoms with Crippen molar-refractivity contribution >= 4 is 34.8 Å². The van der Waals surface area contributed by atoms with E-state index >= 15 is 0 Å². The number of halogens is 1. The van der Waals surface area contributed by atoms with Crippen molar-refractivity contribution in [2.45, 2.75) is 27.7 Å². The topological polar surface area (TPSA) is 37.8 Å². The predicted molar refractivity (Wildman–Crippen MR) is 95.5 cm³/mol. The highest BCUT2D eigenvalue weighted by Gasteiger charge is 2.06. The summed E-state index contributed by atoms with van der Waals surface area (Å²) in [5.74, 6) is 0.855. The molecule has 0 aliphatic heterocycles. The third-order valence-electron chi connectivity index (χ3n) is 3.74. The number of nitrogens with zero attached hydrogens (tertiary/aromatic N) is 2. The standard InChI is InChI=1S/C18H19N3.ClH/c1-11-5-12(2)7-15(6-11)21-18-16-8-13(3)14(4)9-17(16)19-10-20-18;/h5-10H,1-4H3,(H,19,20,21);1H. The maximum absolute atomic E-state index is 4.41. The van der Waals surface area contributed by atoms with Gasteiger partial charge in [-0.2, -0.15) is 0 Å². The number of aromatic nitrogens is 2. The summed E-state index contributed by atoms with van der Waals surface area (Å²) in [5.41, 5.74) is 7.01. The molecule has 0 aliphatic rings. The van der Waals surface area contributed by atoms with E-state index in [1.807, 2.05) is 0 Å². The number of benzene rings is 2. The zero-order valence-corrected chi connectivity index (χ0v) is 14.1. The van der Waals surface area contributed by atoms with E-state index in [9.17, 15) is 0 Å². The molecule has 0 saturated heterocycles. The van der Waals surface area contributed by atoms with E-state index in [-0.39, 0.29) is 12.4 Å². The van der Waals surface area contributed by atoms with Gasteiger partial charge in [-0.15, -0.1) is 12.4 Å². The Morgan fingerprint density at radius 1 is 0.773 bits per heavy atom. The number of rotatable bonds is 2. The van der Waals surface area contributed by atoms with Crippen LogP contribution in [0.25, 0.3) is 10.9 Å². The maximum atomic E-state index is 4.41. The molecule has 0 saturated carbocycles. The summed E-state index contributed by atoms with van der Waals surface area (Å²) in [6, 6.07) is 10.7. The predicted octanol–water partition coefficient (Wildman–Crippen LogP) is 5.03. The Balaban J connectivity index is 0.00000176. The molecule has 1 N–H and O–H groups in total. The Kier molecular flexibility index (Phi) is 4.67. The van der Waals surface area contributed by atoms with E-state index < -0.39 is 0 Å². The maximum Gasteiger partial charge on any atom is 0.141 e. The molecule has 114 valence electrons. The Morgan fingerprint density at radius 2 is 1.41 bits per heavy atom. The molecule has 3 aromatic rings. The van der Waals surface area contributed by atoms with Crippen molar-refractivity contribution in [2.24, 2.45) is 0 Å². The van der Waals surface area contributed by atoms with Crippen LogP contribution in [0.5, 0.6) is 0 Å². The lowest BCUT2D eigenvalue weighted by Crippen LogP contribution is -1.97. The van der Waals surface area contributed by atoms with Crippen LogP contribution in [-0.2, 0) is 0 Å². The van der Waals surface area contributed by atoms with Gasteiger partial charge in [-0.1, -0.05) is 6.07 Å². The molecule has 1 heterocycles. The van der Waals surface area contributed by atoms with Gasteiger partial charge in [0.1, 0.15) is 12.1 Å². The van der Waals surface area contributed by atoms with Gasteiger partial charge in [0, 0.05) is 11.1 Å². The van der Waals surface area contributed by atoms with Crippen LogP contribution in [0.4, 0.5) is 11.5 Å². The average Bonchev–Trinajstić information content (AvgIpc) is 2.40. The van der Waals surface area contributed by atoms with E-state index in [0.29, 0.717) is 0 Å². The molecular formula is C18H20ClN3. The smallest absolute Gasteiger partial charge is 0.141 e. The highest BCUT2D eigenvalue weighted by Crippen LogP contribution is 2.26. The van der Waals surface area contributed by atoms with E-state index in [4.69, 9.17) is 0 Å². The molecule has 2 aromatic carbocycles. The normalized spacial score (nSPS) is 10.4. The summed E-state index contributed by atoms with van der Waals surface area (Å²) in [7, 11) is 0. The van der Waals surface area contributed by atoms with Gasteiger partial charge in [-0.05, 0) is 74.2 Å². The molecule has 1 aromatic heterocycles. The van der Waals surface area contributed by atoms with Gasteiger partial charge in [0.05, 0.1) is 5.52 Å². The molecule has 3 nitrogen and oxygen atoms in total. The number of aryl methyl sites for hydroxylation is 4. The van der Waals surface area contributed by atoms with Gasteiger partial charge < -0.3 is 5.32 Å². The molecule has 0 atom stereocenters.